The largest absolute Gasteiger partial charge is 0.507 e. The maximum absolute atomic E-state index is 13.4. The molecule has 6 nitrogen and oxygen atoms in total. The standard InChI is InChI=1S/C24H19Cl3N2O4/c25-17-7-3-6-14(22(17)27)11-28-23(32)19-8-13-4-1-2-5-15(13)12-29(19)24(33)16-9-18(26)21(31)10-20(16)30/h1-7,9-10,19,30-31H,8,11-12H2,(H,28,32)/t19-/m1/s1. The summed E-state index contributed by atoms with van der Waals surface area (Å²) in [6.07, 6.45) is 0.295. The zero-order valence-electron chi connectivity index (χ0n) is 17.2. The first kappa shape index (κ1) is 23.2. The highest BCUT2D eigenvalue weighted by Crippen LogP contribution is 2.34. The van der Waals surface area contributed by atoms with E-state index >= 15 is 0 Å². The molecule has 1 atom stereocenters. The highest BCUT2D eigenvalue weighted by Gasteiger charge is 2.36. The van der Waals surface area contributed by atoms with E-state index in [0.717, 1.165) is 17.2 Å². The van der Waals surface area contributed by atoms with Gasteiger partial charge in [-0.1, -0.05) is 71.2 Å². The van der Waals surface area contributed by atoms with Gasteiger partial charge < -0.3 is 20.4 Å². The van der Waals surface area contributed by atoms with Gasteiger partial charge in [0.2, 0.25) is 5.91 Å². The second-order valence-corrected chi connectivity index (χ2v) is 8.87. The van der Waals surface area contributed by atoms with Crippen molar-refractivity contribution in [1.82, 2.24) is 10.2 Å². The monoisotopic (exact) mass is 504 g/mol. The third kappa shape index (κ3) is 4.74. The van der Waals surface area contributed by atoms with Crippen LogP contribution < -0.4 is 5.32 Å². The summed E-state index contributed by atoms with van der Waals surface area (Å²) < 4.78 is 0. The Balaban J connectivity index is 1.63. The predicted molar refractivity (Wildman–Crippen MR) is 127 cm³/mol. The maximum Gasteiger partial charge on any atom is 0.258 e. The Bertz CT molecular complexity index is 1250. The van der Waals surface area contributed by atoms with Gasteiger partial charge in [0, 0.05) is 25.6 Å². The zero-order valence-corrected chi connectivity index (χ0v) is 19.5. The lowest BCUT2D eigenvalue weighted by atomic mass is 9.92. The van der Waals surface area contributed by atoms with Crippen LogP contribution in [0.1, 0.15) is 27.0 Å². The molecule has 0 bridgehead atoms. The average molecular weight is 506 g/mol. The first-order valence-electron chi connectivity index (χ1n) is 10.1. The van der Waals surface area contributed by atoms with Crippen LogP contribution in [0.15, 0.2) is 54.6 Å². The molecule has 1 heterocycles. The summed E-state index contributed by atoms with van der Waals surface area (Å²) >= 11 is 18.2. The molecule has 0 fully saturated rings. The molecule has 3 N–H and O–H groups in total. The van der Waals surface area contributed by atoms with Crippen molar-refractivity contribution in [1.29, 1.82) is 0 Å². The fraction of sp³-hybridized carbons (Fsp3) is 0.167. The number of amides is 2. The smallest absolute Gasteiger partial charge is 0.258 e. The zero-order chi connectivity index (χ0) is 23.7. The van der Waals surface area contributed by atoms with Gasteiger partial charge in [0.1, 0.15) is 17.5 Å². The van der Waals surface area contributed by atoms with Crippen LogP contribution in [0.3, 0.4) is 0 Å². The number of nitrogens with one attached hydrogen (secondary N) is 1. The van der Waals surface area contributed by atoms with Crippen molar-refractivity contribution in [3.05, 3.63) is 91.9 Å². The van der Waals surface area contributed by atoms with E-state index in [1.165, 1.54) is 11.0 Å². The van der Waals surface area contributed by atoms with Gasteiger partial charge in [-0.2, -0.15) is 0 Å². The molecular weight excluding hydrogens is 487 g/mol. The summed E-state index contributed by atoms with van der Waals surface area (Å²) in [7, 11) is 0. The normalized spacial score (nSPS) is 15.1. The van der Waals surface area contributed by atoms with Gasteiger partial charge in [-0.25, -0.2) is 0 Å². The summed E-state index contributed by atoms with van der Waals surface area (Å²) in [5, 5.41) is 23.4. The first-order chi connectivity index (χ1) is 15.8. The summed E-state index contributed by atoms with van der Waals surface area (Å²) in [4.78, 5) is 28.0. The van der Waals surface area contributed by atoms with Crippen LogP contribution >= 0.6 is 34.8 Å². The first-order valence-corrected chi connectivity index (χ1v) is 11.2. The van der Waals surface area contributed by atoms with E-state index in [-0.39, 0.29) is 35.3 Å². The van der Waals surface area contributed by atoms with Crippen LogP contribution in [0.2, 0.25) is 15.1 Å². The van der Waals surface area contributed by atoms with Gasteiger partial charge in [-0.15, -0.1) is 0 Å². The molecule has 0 spiro atoms. The lowest BCUT2D eigenvalue weighted by Gasteiger charge is -2.36. The Hall–Kier alpha value is -2.93. The second kappa shape index (κ2) is 9.51. The van der Waals surface area contributed by atoms with Crippen LogP contribution in [0.5, 0.6) is 11.5 Å². The number of phenols is 2. The molecule has 1 aliphatic rings. The van der Waals surface area contributed by atoms with Crippen molar-refractivity contribution < 1.29 is 19.8 Å². The number of phenolic OH excluding ortho intramolecular Hbond substituents is 2. The van der Waals surface area contributed by atoms with Crippen molar-refractivity contribution in [3.63, 3.8) is 0 Å². The summed E-state index contributed by atoms with van der Waals surface area (Å²) in [5.74, 6) is -1.73. The van der Waals surface area contributed by atoms with E-state index in [9.17, 15) is 19.8 Å². The highest BCUT2D eigenvalue weighted by molar-refractivity contribution is 6.42. The van der Waals surface area contributed by atoms with E-state index < -0.39 is 17.7 Å². The molecule has 0 unspecified atom stereocenters. The number of nitrogens with zero attached hydrogens (tertiary/aromatic N) is 1. The van der Waals surface area contributed by atoms with Gasteiger partial charge in [-0.05, 0) is 28.8 Å². The molecule has 0 saturated heterocycles. The van der Waals surface area contributed by atoms with Gasteiger partial charge >= 0.3 is 0 Å². The number of fused-ring (bicyclic) bond motifs is 1. The van der Waals surface area contributed by atoms with Crippen LogP contribution in [0.25, 0.3) is 0 Å². The third-order valence-electron chi connectivity index (χ3n) is 5.59. The Morgan fingerprint density at radius 1 is 0.939 bits per heavy atom. The van der Waals surface area contributed by atoms with E-state index in [1.54, 1.807) is 18.2 Å². The lowest BCUT2D eigenvalue weighted by molar-refractivity contribution is -0.126. The van der Waals surface area contributed by atoms with Crippen molar-refractivity contribution in [2.75, 3.05) is 0 Å². The second-order valence-electron chi connectivity index (χ2n) is 7.67. The summed E-state index contributed by atoms with van der Waals surface area (Å²) in [5.41, 5.74) is 2.40. The topological polar surface area (TPSA) is 89.9 Å². The minimum atomic E-state index is -0.836. The van der Waals surface area contributed by atoms with Gasteiger partial charge in [0.15, 0.2) is 0 Å². The van der Waals surface area contributed by atoms with Crippen molar-refractivity contribution in [2.24, 2.45) is 0 Å². The number of rotatable bonds is 4. The maximum atomic E-state index is 13.4. The molecule has 9 heteroatoms. The Morgan fingerprint density at radius 2 is 1.67 bits per heavy atom. The van der Waals surface area contributed by atoms with Gasteiger partial charge in [0.25, 0.3) is 5.91 Å². The third-order valence-corrected chi connectivity index (χ3v) is 6.75. The van der Waals surface area contributed by atoms with Gasteiger partial charge in [-0.3, -0.25) is 9.59 Å². The lowest BCUT2D eigenvalue weighted by Crippen LogP contribution is -2.52. The fourth-order valence-electron chi connectivity index (χ4n) is 3.83. The molecule has 33 heavy (non-hydrogen) atoms. The number of carbonyl (C=O) groups is 2. The molecule has 170 valence electrons. The van der Waals surface area contributed by atoms with Crippen LogP contribution in [0.4, 0.5) is 0 Å². The molecule has 0 saturated carbocycles. The average Bonchev–Trinajstić information content (AvgIpc) is 2.81. The Labute approximate surface area is 205 Å². The molecular formula is C24H19Cl3N2O4. The van der Waals surface area contributed by atoms with Crippen LogP contribution in [-0.2, 0) is 24.3 Å². The van der Waals surface area contributed by atoms with Crippen molar-refractivity contribution >= 4 is 46.6 Å². The number of hydrogen-bond donors (Lipinski definition) is 3. The van der Waals surface area contributed by atoms with E-state index in [1.807, 2.05) is 24.3 Å². The number of halogens is 3. The minimum absolute atomic E-state index is 0.0786. The fourth-order valence-corrected chi connectivity index (χ4v) is 4.38. The molecule has 1 aliphatic heterocycles. The van der Waals surface area contributed by atoms with Crippen LogP contribution in [0, 0.1) is 0 Å². The number of benzene rings is 3. The van der Waals surface area contributed by atoms with Crippen molar-refractivity contribution in [2.45, 2.75) is 25.6 Å². The van der Waals surface area contributed by atoms with E-state index in [0.29, 0.717) is 22.0 Å². The molecule has 0 aromatic heterocycles. The van der Waals surface area contributed by atoms with Crippen LogP contribution in [-0.4, -0.2) is 33.0 Å². The predicted octanol–water partition coefficient (Wildman–Crippen LogP) is 4.94. The summed E-state index contributed by atoms with van der Waals surface area (Å²) in [6, 6.07) is 14.0. The molecule has 3 aromatic carbocycles. The molecule has 0 radical (unpaired) electrons. The number of aromatic hydroxyl groups is 2. The molecule has 2 amide bonds. The number of hydrogen-bond acceptors (Lipinski definition) is 4. The molecule has 4 rings (SSSR count). The van der Waals surface area contributed by atoms with E-state index in [4.69, 9.17) is 34.8 Å². The highest BCUT2D eigenvalue weighted by atomic mass is 35.5. The molecule has 0 aliphatic carbocycles. The van der Waals surface area contributed by atoms with E-state index in [2.05, 4.69) is 5.32 Å². The SMILES string of the molecule is O=C(NCc1cccc(Cl)c1Cl)[C@H]1Cc2ccccc2CN1C(=O)c1cc(Cl)c(O)cc1O. The Morgan fingerprint density at radius 3 is 2.42 bits per heavy atom. The summed E-state index contributed by atoms with van der Waals surface area (Å²) in [6.45, 7) is 0.303. The van der Waals surface area contributed by atoms with Crippen molar-refractivity contribution in [3.8, 4) is 11.5 Å². The Kier molecular flexibility index (Phi) is 6.70. The molecule has 3 aromatic rings. The van der Waals surface area contributed by atoms with Gasteiger partial charge in [0.05, 0.1) is 20.6 Å². The number of carbonyl (C=O) groups excluding carboxylic acids is 2. The quantitative estimate of drug-likeness (QED) is 0.468. The minimum Gasteiger partial charge on any atom is -0.507 e.